The van der Waals surface area contributed by atoms with E-state index in [0.717, 1.165) is 6.54 Å². The van der Waals surface area contributed by atoms with E-state index in [-0.39, 0.29) is 11.7 Å². The third-order valence-electron chi connectivity index (χ3n) is 2.75. The van der Waals surface area contributed by atoms with Crippen molar-refractivity contribution in [3.05, 3.63) is 28.0 Å². The van der Waals surface area contributed by atoms with Crippen molar-refractivity contribution in [2.75, 3.05) is 25.0 Å². The Morgan fingerprint density at radius 2 is 2.39 bits per heavy atom. The number of aryl methyl sites for hydroxylation is 1. The monoisotopic (exact) mass is 316 g/mol. The summed E-state index contributed by atoms with van der Waals surface area (Å²) in [5, 5.41) is 5.83. The number of hydrogen-bond acceptors (Lipinski definition) is 3. The van der Waals surface area contributed by atoms with Gasteiger partial charge in [0, 0.05) is 18.8 Å². The van der Waals surface area contributed by atoms with Crippen LogP contribution in [0.2, 0.25) is 0 Å². The van der Waals surface area contributed by atoms with Gasteiger partial charge in [0.2, 0.25) is 0 Å². The van der Waals surface area contributed by atoms with Crippen molar-refractivity contribution >= 4 is 27.5 Å². The van der Waals surface area contributed by atoms with E-state index in [9.17, 15) is 9.18 Å². The highest BCUT2D eigenvalue weighted by atomic mass is 79.9. The molecule has 0 saturated carbocycles. The number of ether oxygens (including phenoxy) is 1. The molecular formula is C12H14BrFN2O2. The number of anilines is 1. The van der Waals surface area contributed by atoms with Crippen LogP contribution in [0.4, 0.5) is 10.1 Å². The molecule has 2 N–H and O–H groups in total. The number of morpholine rings is 1. The van der Waals surface area contributed by atoms with Gasteiger partial charge in [0.15, 0.2) is 0 Å². The maximum absolute atomic E-state index is 13.3. The molecule has 1 heterocycles. The first-order valence-electron chi connectivity index (χ1n) is 5.67. The number of rotatable bonds is 2. The Hall–Kier alpha value is -0.980. The fourth-order valence-corrected chi connectivity index (χ4v) is 2.07. The van der Waals surface area contributed by atoms with E-state index < -0.39 is 6.10 Å². The quantitative estimate of drug-likeness (QED) is 0.875. The second kappa shape index (κ2) is 5.77. The van der Waals surface area contributed by atoms with Gasteiger partial charge >= 0.3 is 0 Å². The first-order chi connectivity index (χ1) is 8.58. The number of amides is 1. The van der Waals surface area contributed by atoms with Gasteiger partial charge in [0.25, 0.3) is 5.91 Å². The lowest BCUT2D eigenvalue weighted by Gasteiger charge is -2.23. The first-order valence-corrected chi connectivity index (χ1v) is 6.46. The zero-order valence-electron chi connectivity index (χ0n) is 9.93. The third-order valence-corrected chi connectivity index (χ3v) is 3.35. The van der Waals surface area contributed by atoms with Gasteiger partial charge in [-0.1, -0.05) is 0 Å². The molecule has 0 spiro atoms. The largest absolute Gasteiger partial charge is 0.366 e. The van der Waals surface area contributed by atoms with Gasteiger partial charge in [-0.3, -0.25) is 4.79 Å². The second-order valence-corrected chi connectivity index (χ2v) is 4.99. The molecule has 98 valence electrons. The summed E-state index contributed by atoms with van der Waals surface area (Å²) in [6, 6.07) is 2.93. The molecule has 6 heteroatoms. The molecule has 0 bridgehead atoms. The SMILES string of the molecule is Cc1cc(F)c(Br)cc1NC(=O)C1CNCCO1. The summed E-state index contributed by atoms with van der Waals surface area (Å²) in [7, 11) is 0. The molecule has 1 aromatic carbocycles. The average Bonchev–Trinajstić information content (AvgIpc) is 2.37. The van der Waals surface area contributed by atoms with Gasteiger partial charge in [0.05, 0.1) is 11.1 Å². The fraction of sp³-hybridized carbons (Fsp3) is 0.417. The predicted octanol–water partition coefficient (Wildman–Crippen LogP) is 1.82. The summed E-state index contributed by atoms with van der Waals surface area (Å²) >= 11 is 3.10. The van der Waals surface area contributed by atoms with E-state index in [1.165, 1.54) is 6.07 Å². The van der Waals surface area contributed by atoms with Gasteiger partial charge in [0.1, 0.15) is 11.9 Å². The van der Waals surface area contributed by atoms with E-state index in [4.69, 9.17) is 4.74 Å². The molecule has 1 aromatic rings. The summed E-state index contributed by atoms with van der Waals surface area (Å²) in [4.78, 5) is 11.9. The molecule has 1 aliphatic heterocycles. The highest BCUT2D eigenvalue weighted by Gasteiger charge is 2.22. The Morgan fingerprint density at radius 1 is 1.61 bits per heavy atom. The van der Waals surface area contributed by atoms with E-state index >= 15 is 0 Å². The Bertz CT molecular complexity index is 462. The van der Waals surface area contributed by atoms with Gasteiger partial charge in [-0.15, -0.1) is 0 Å². The topological polar surface area (TPSA) is 50.4 Å². The predicted molar refractivity (Wildman–Crippen MR) is 70.1 cm³/mol. The van der Waals surface area contributed by atoms with Crippen LogP contribution >= 0.6 is 15.9 Å². The van der Waals surface area contributed by atoms with Crippen molar-refractivity contribution in [2.45, 2.75) is 13.0 Å². The number of benzene rings is 1. The maximum atomic E-state index is 13.3. The molecule has 18 heavy (non-hydrogen) atoms. The lowest BCUT2D eigenvalue weighted by molar-refractivity contribution is -0.128. The first kappa shape index (κ1) is 13.5. The summed E-state index contributed by atoms with van der Waals surface area (Å²) in [5.74, 6) is -0.565. The number of carbonyl (C=O) groups excluding carboxylic acids is 1. The van der Waals surface area contributed by atoms with Gasteiger partial charge in [-0.05, 0) is 40.5 Å². The van der Waals surface area contributed by atoms with Gasteiger partial charge in [-0.25, -0.2) is 4.39 Å². The summed E-state index contributed by atoms with van der Waals surface area (Å²) in [6.07, 6.45) is -0.498. The van der Waals surface area contributed by atoms with E-state index in [1.807, 2.05) is 0 Å². The van der Waals surface area contributed by atoms with E-state index in [1.54, 1.807) is 13.0 Å². The molecule has 1 saturated heterocycles. The molecule has 1 amide bonds. The fourth-order valence-electron chi connectivity index (χ4n) is 1.73. The highest BCUT2D eigenvalue weighted by Crippen LogP contribution is 2.24. The van der Waals surface area contributed by atoms with Crippen molar-refractivity contribution in [2.24, 2.45) is 0 Å². The molecular weight excluding hydrogens is 303 g/mol. The van der Waals surface area contributed by atoms with Crippen molar-refractivity contribution < 1.29 is 13.9 Å². The van der Waals surface area contributed by atoms with Crippen LogP contribution in [0.25, 0.3) is 0 Å². The van der Waals surface area contributed by atoms with Gasteiger partial charge in [-0.2, -0.15) is 0 Å². The maximum Gasteiger partial charge on any atom is 0.254 e. The Morgan fingerprint density at radius 3 is 3.06 bits per heavy atom. The minimum atomic E-state index is -0.498. The van der Waals surface area contributed by atoms with Crippen molar-refractivity contribution in [3.8, 4) is 0 Å². The normalized spacial score (nSPS) is 19.6. The molecule has 1 fully saturated rings. The molecule has 1 unspecified atom stereocenters. The standard InChI is InChI=1S/C12H14BrFN2O2/c1-7-4-9(14)8(13)5-10(7)16-12(17)11-6-15-2-3-18-11/h4-5,11,15H,2-3,6H2,1H3,(H,16,17). The number of nitrogens with one attached hydrogen (secondary N) is 2. The van der Waals surface area contributed by atoms with Gasteiger partial charge < -0.3 is 15.4 Å². The molecule has 1 atom stereocenters. The summed E-state index contributed by atoms with van der Waals surface area (Å²) in [6.45, 7) is 3.51. The van der Waals surface area contributed by atoms with Crippen LogP contribution in [0.15, 0.2) is 16.6 Å². The molecule has 0 aliphatic carbocycles. The van der Waals surface area contributed by atoms with Crippen LogP contribution in [-0.2, 0) is 9.53 Å². The number of hydrogen-bond donors (Lipinski definition) is 2. The summed E-state index contributed by atoms with van der Waals surface area (Å²) in [5.41, 5.74) is 1.26. The second-order valence-electron chi connectivity index (χ2n) is 4.13. The van der Waals surface area contributed by atoms with Crippen LogP contribution < -0.4 is 10.6 Å². The van der Waals surface area contributed by atoms with Crippen LogP contribution in [-0.4, -0.2) is 31.7 Å². The molecule has 1 aliphatic rings. The average molecular weight is 317 g/mol. The Balaban J connectivity index is 2.08. The number of halogens is 2. The van der Waals surface area contributed by atoms with Crippen molar-refractivity contribution in [1.82, 2.24) is 5.32 Å². The zero-order chi connectivity index (χ0) is 13.1. The molecule has 2 rings (SSSR count). The lowest BCUT2D eigenvalue weighted by Crippen LogP contribution is -2.45. The van der Waals surface area contributed by atoms with E-state index in [2.05, 4.69) is 26.6 Å². The minimum Gasteiger partial charge on any atom is -0.366 e. The third kappa shape index (κ3) is 3.07. The summed E-state index contributed by atoms with van der Waals surface area (Å²) < 4.78 is 18.9. The van der Waals surface area contributed by atoms with Crippen molar-refractivity contribution in [3.63, 3.8) is 0 Å². The van der Waals surface area contributed by atoms with E-state index in [0.29, 0.717) is 28.9 Å². The highest BCUT2D eigenvalue weighted by molar-refractivity contribution is 9.10. The van der Waals surface area contributed by atoms with Crippen LogP contribution in [0.3, 0.4) is 0 Å². The van der Waals surface area contributed by atoms with Crippen LogP contribution in [0, 0.1) is 12.7 Å². The molecule has 0 aromatic heterocycles. The smallest absolute Gasteiger partial charge is 0.254 e. The van der Waals surface area contributed by atoms with Crippen LogP contribution in [0.1, 0.15) is 5.56 Å². The number of carbonyl (C=O) groups is 1. The zero-order valence-corrected chi connectivity index (χ0v) is 11.5. The Kier molecular flexibility index (Phi) is 4.31. The molecule has 4 nitrogen and oxygen atoms in total. The molecule has 0 radical (unpaired) electrons. The minimum absolute atomic E-state index is 0.219. The van der Waals surface area contributed by atoms with Crippen molar-refractivity contribution in [1.29, 1.82) is 0 Å². The van der Waals surface area contributed by atoms with Crippen LogP contribution in [0.5, 0.6) is 0 Å². The lowest BCUT2D eigenvalue weighted by atomic mass is 10.2. The Labute approximate surface area is 113 Å².